The van der Waals surface area contributed by atoms with Gasteiger partial charge in [-0.25, -0.2) is 4.39 Å². The van der Waals surface area contributed by atoms with Crippen LogP contribution in [0.25, 0.3) is 11.4 Å². The van der Waals surface area contributed by atoms with E-state index in [1.54, 1.807) is 12.1 Å². The summed E-state index contributed by atoms with van der Waals surface area (Å²) < 4.78 is 17.2. The highest BCUT2D eigenvalue weighted by Gasteiger charge is 2.11. The molecule has 0 fully saturated rings. The fourth-order valence-corrected chi connectivity index (χ4v) is 1.56. The highest BCUT2D eigenvalue weighted by molar-refractivity contribution is 6.33. The smallest absolute Gasteiger partial charge is 0.240 e. The van der Waals surface area contributed by atoms with Gasteiger partial charge >= 0.3 is 0 Å². The van der Waals surface area contributed by atoms with E-state index in [2.05, 4.69) is 10.1 Å². The number of benzene rings is 1. The first kappa shape index (κ1) is 11.0. The summed E-state index contributed by atoms with van der Waals surface area (Å²) >= 11 is 5.98. The predicted molar refractivity (Wildman–Crippen MR) is 57.4 cm³/mol. The second kappa shape index (κ2) is 4.59. The molecule has 0 atom stereocenters. The summed E-state index contributed by atoms with van der Waals surface area (Å²) in [6, 6.07) is 4.82. The van der Waals surface area contributed by atoms with Crippen LogP contribution in [-0.4, -0.2) is 10.1 Å². The number of aromatic nitrogens is 2. The Kier molecular flexibility index (Phi) is 3.17. The average Bonchev–Trinajstić information content (AvgIpc) is 2.77. The summed E-state index contributed by atoms with van der Waals surface area (Å²) in [7, 11) is 0. The monoisotopic (exact) mass is 241 g/mol. The van der Waals surface area contributed by atoms with Gasteiger partial charge in [0, 0.05) is 5.56 Å². The first-order chi connectivity index (χ1) is 7.74. The number of nitrogens with two attached hydrogens (primary N) is 1. The Balaban J connectivity index is 2.40. The molecule has 0 aliphatic carbocycles. The lowest BCUT2D eigenvalue weighted by Crippen LogP contribution is -1.95. The van der Waals surface area contributed by atoms with Crippen LogP contribution in [0.15, 0.2) is 22.7 Å². The van der Waals surface area contributed by atoms with Gasteiger partial charge in [-0.05, 0) is 17.7 Å². The van der Waals surface area contributed by atoms with Crippen LogP contribution in [0.1, 0.15) is 11.5 Å². The van der Waals surface area contributed by atoms with Crippen LogP contribution in [0.3, 0.4) is 0 Å². The van der Waals surface area contributed by atoms with Crippen molar-refractivity contribution >= 4 is 11.6 Å². The minimum Gasteiger partial charge on any atom is -0.338 e. The van der Waals surface area contributed by atoms with Crippen LogP contribution >= 0.6 is 11.6 Å². The van der Waals surface area contributed by atoms with Crippen molar-refractivity contribution < 1.29 is 8.91 Å². The molecule has 0 unspecified atom stereocenters. The van der Waals surface area contributed by atoms with Gasteiger partial charge in [0.25, 0.3) is 0 Å². The average molecular weight is 242 g/mol. The molecule has 0 saturated heterocycles. The van der Waals surface area contributed by atoms with Crippen LogP contribution in [0, 0.1) is 0 Å². The van der Waals surface area contributed by atoms with E-state index in [0.717, 1.165) is 0 Å². The van der Waals surface area contributed by atoms with Crippen molar-refractivity contribution in [2.75, 3.05) is 0 Å². The van der Waals surface area contributed by atoms with Gasteiger partial charge in [-0.1, -0.05) is 22.8 Å². The van der Waals surface area contributed by atoms with Crippen molar-refractivity contribution in [3.63, 3.8) is 0 Å². The van der Waals surface area contributed by atoms with E-state index in [9.17, 15) is 4.39 Å². The van der Waals surface area contributed by atoms with Crippen molar-refractivity contribution in [2.45, 2.75) is 13.2 Å². The maximum atomic E-state index is 12.4. The molecular weight excluding hydrogens is 233 g/mol. The third-order valence-electron chi connectivity index (χ3n) is 2.07. The molecule has 2 aromatic rings. The van der Waals surface area contributed by atoms with Gasteiger partial charge in [0.05, 0.1) is 11.6 Å². The van der Waals surface area contributed by atoms with Crippen LogP contribution in [-0.2, 0) is 13.2 Å². The molecule has 1 aromatic carbocycles. The summed E-state index contributed by atoms with van der Waals surface area (Å²) in [5.41, 5.74) is 6.46. The van der Waals surface area contributed by atoms with Gasteiger partial charge in [-0.15, -0.1) is 0 Å². The molecule has 1 heterocycles. The van der Waals surface area contributed by atoms with Crippen molar-refractivity contribution in [1.29, 1.82) is 0 Å². The fourth-order valence-electron chi connectivity index (χ4n) is 1.27. The topological polar surface area (TPSA) is 64.9 Å². The summed E-state index contributed by atoms with van der Waals surface area (Å²) in [6.07, 6.45) is 0. The van der Waals surface area contributed by atoms with E-state index in [1.807, 2.05) is 0 Å². The zero-order chi connectivity index (χ0) is 11.5. The van der Waals surface area contributed by atoms with Crippen molar-refractivity contribution in [1.82, 2.24) is 10.1 Å². The maximum Gasteiger partial charge on any atom is 0.240 e. The Hall–Kier alpha value is -1.46. The molecule has 16 heavy (non-hydrogen) atoms. The molecule has 0 spiro atoms. The highest BCUT2D eigenvalue weighted by Crippen LogP contribution is 2.26. The lowest BCUT2D eigenvalue weighted by Gasteiger charge is -2.00. The molecule has 0 bridgehead atoms. The molecule has 0 aliphatic heterocycles. The number of nitrogens with zero attached hydrogens (tertiary/aromatic N) is 2. The zero-order valence-electron chi connectivity index (χ0n) is 8.28. The summed E-state index contributed by atoms with van der Waals surface area (Å²) in [5, 5.41) is 4.12. The third kappa shape index (κ3) is 2.05. The highest BCUT2D eigenvalue weighted by atomic mass is 35.5. The van der Waals surface area contributed by atoms with Crippen molar-refractivity contribution in [3.05, 3.63) is 34.7 Å². The SMILES string of the molecule is NCc1nc(-c2ccc(CF)cc2Cl)no1. The van der Waals surface area contributed by atoms with Crippen LogP contribution < -0.4 is 5.73 Å². The third-order valence-corrected chi connectivity index (χ3v) is 2.38. The zero-order valence-corrected chi connectivity index (χ0v) is 9.04. The van der Waals surface area contributed by atoms with Crippen LogP contribution in [0.2, 0.25) is 5.02 Å². The standard InChI is InChI=1S/C10H9ClFN3O/c11-8-3-6(4-12)1-2-7(8)10-14-9(5-13)16-15-10/h1-3H,4-5,13H2. The fraction of sp³-hybridized carbons (Fsp3) is 0.200. The maximum absolute atomic E-state index is 12.4. The molecule has 0 aliphatic rings. The minimum atomic E-state index is -0.555. The number of hydrogen-bond acceptors (Lipinski definition) is 4. The summed E-state index contributed by atoms with van der Waals surface area (Å²) in [6.45, 7) is -0.381. The Morgan fingerprint density at radius 3 is 2.81 bits per heavy atom. The molecule has 2 N–H and O–H groups in total. The van der Waals surface area contributed by atoms with Gasteiger partial charge in [0.1, 0.15) is 6.67 Å². The molecule has 0 saturated carbocycles. The van der Waals surface area contributed by atoms with Crippen molar-refractivity contribution in [2.24, 2.45) is 5.73 Å². The number of rotatable bonds is 3. The van der Waals surface area contributed by atoms with E-state index >= 15 is 0 Å². The number of halogens is 2. The number of alkyl halides is 1. The minimum absolute atomic E-state index is 0.174. The van der Waals surface area contributed by atoms with E-state index in [1.165, 1.54) is 6.07 Å². The molecule has 4 nitrogen and oxygen atoms in total. The van der Waals surface area contributed by atoms with Gasteiger partial charge in [0.15, 0.2) is 0 Å². The van der Waals surface area contributed by atoms with Gasteiger partial charge in [-0.2, -0.15) is 4.98 Å². The predicted octanol–water partition coefficient (Wildman–Crippen LogP) is 2.32. The first-order valence-corrected chi connectivity index (χ1v) is 5.00. The van der Waals surface area contributed by atoms with Crippen LogP contribution in [0.5, 0.6) is 0 Å². The molecule has 6 heteroatoms. The summed E-state index contributed by atoms with van der Waals surface area (Å²) in [5.74, 6) is 0.691. The lowest BCUT2D eigenvalue weighted by molar-refractivity contribution is 0.380. The molecular formula is C10H9ClFN3O. The quantitative estimate of drug-likeness (QED) is 0.896. The van der Waals surface area contributed by atoms with E-state index in [-0.39, 0.29) is 6.54 Å². The largest absolute Gasteiger partial charge is 0.338 e. The second-order valence-corrected chi connectivity index (χ2v) is 3.57. The Labute approximate surface area is 96.2 Å². The molecule has 0 radical (unpaired) electrons. The van der Waals surface area contributed by atoms with Gasteiger partial charge in [0.2, 0.25) is 11.7 Å². The normalized spacial score (nSPS) is 10.7. The molecule has 2 rings (SSSR count). The molecule has 1 aromatic heterocycles. The number of hydrogen-bond donors (Lipinski definition) is 1. The van der Waals surface area contributed by atoms with E-state index in [4.69, 9.17) is 21.9 Å². The van der Waals surface area contributed by atoms with Gasteiger partial charge < -0.3 is 10.3 Å². The van der Waals surface area contributed by atoms with E-state index < -0.39 is 6.67 Å². The second-order valence-electron chi connectivity index (χ2n) is 3.16. The van der Waals surface area contributed by atoms with Gasteiger partial charge in [-0.3, -0.25) is 0 Å². The Morgan fingerprint density at radius 1 is 1.44 bits per heavy atom. The van der Waals surface area contributed by atoms with E-state index in [0.29, 0.717) is 27.9 Å². The Bertz CT molecular complexity index is 501. The first-order valence-electron chi connectivity index (χ1n) is 4.62. The molecule has 84 valence electrons. The molecule has 0 amide bonds. The van der Waals surface area contributed by atoms with Crippen molar-refractivity contribution in [3.8, 4) is 11.4 Å². The summed E-state index contributed by atoms with van der Waals surface area (Å²) in [4.78, 5) is 4.03. The Morgan fingerprint density at radius 2 is 2.25 bits per heavy atom. The lowest BCUT2D eigenvalue weighted by atomic mass is 10.1. The van der Waals surface area contributed by atoms with Crippen LogP contribution in [0.4, 0.5) is 4.39 Å².